The van der Waals surface area contributed by atoms with Crippen molar-refractivity contribution >= 4 is 29.0 Å². The van der Waals surface area contributed by atoms with Gasteiger partial charge in [-0.2, -0.15) is 0 Å². The molecule has 0 fully saturated rings. The zero-order valence-corrected chi connectivity index (χ0v) is 12.5. The highest BCUT2D eigenvalue weighted by Gasteiger charge is 2.13. The molecule has 104 valence electrons. The standard InChI is InChI=1S/C15H14Cl2N2O/c1-19(9-11-4-6-18-7-5-11)10-15(20)13-8-12(16)2-3-14(13)17/h2-8H,9-10H2,1H3. The van der Waals surface area contributed by atoms with Gasteiger partial charge in [0.15, 0.2) is 5.78 Å². The number of carbonyl (C=O) groups is 1. The number of nitrogens with zero attached hydrogens (tertiary/aromatic N) is 2. The van der Waals surface area contributed by atoms with Crippen LogP contribution in [0.3, 0.4) is 0 Å². The van der Waals surface area contributed by atoms with Gasteiger partial charge in [-0.1, -0.05) is 23.2 Å². The fourth-order valence-corrected chi connectivity index (χ4v) is 2.29. The van der Waals surface area contributed by atoms with Crippen LogP contribution in [0.15, 0.2) is 42.7 Å². The number of Topliss-reactive ketones (excluding diaryl/α,β-unsaturated/α-hetero) is 1. The smallest absolute Gasteiger partial charge is 0.178 e. The van der Waals surface area contributed by atoms with Crippen LogP contribution in [0.25, 0.3) is 0 Å². The molecule has 0 atom stereocenters. The van der Waals surface area contributed by atoms with E-state index in [-0.39, 0.29) is 12.3 Å². The van der Waals surface area contributed by atoms with Gasteiger partial charge < -0.3 is 0 Å². The number of pyridine rings is 1. The summed E-state index contributed by atoms with van der Waals surface area (Å²) in [4.78, 5) is 18.1. The number of aromatic nitrogens is 1. The number of halogens is 2. The topological polar surface area (TPSA) is 33.2 Å². The molecule has 0 radical (unpaired) electrons. The molecule has 0 saturated heterocycles. The summed E-state index contributed by atoms with van der Waals surface area (Å²) in [6.07, 6.45) is 3.47. The van der Waals surface area contributed by atoms with E-state index in [2.05, 4.69) is 4.98 Å². The summed E-state index contributed by atoms with van der Waals surface area (Å²) in [5, 5.41) is 0.936. The normalized spacial score (nSPS) is 10.8. The van der Waals surface area contributed by atoms with Crippen LogP contribution in [0.2, 0.25) is 10.0 Å². The first-order chi connectivity index (χ1) is 9.56. The zero-order valence-electron chi connectivity index (χ0n) is 11.0. The molecule has 2 aromatic rings. The van der Waals surface area contributed by atoms with Crippen LogP contribution in [0.1, 0.15) is 15.9 Å². The van der Waals surface area contributed by atoms with Gasteiger partial charge in [-0.25, -0.2) is 0 Å². The number of benzene rings is 1. The summed E-state index contributed by atoms with van der Waals surface area (Å²) in [6.45, 7) is 0.953. The Hall–Kier alpha value is -1.42. The van der Waals surface area contributed by atoms with Crippen LogP contribution in [-0.4, -0.2) is 29.3 Å². The first kappa shape index (κ1) is 15.0. The first-order valence-electron chi connectivity index (χ1n) is 6.12. The Balaban J connectivity index is 2.02. The fourth-order valence-electron chi connectivity index (χ4n) is 1.90. The summed E-state index contributed by atoms with van der Waals surface area (Å²) in [6, 6.07) is 8.76. The van der Waals surface area contributed by atoms with Gasteiger partial charge in [-0.3, -0.25) is 14.7 Å². The van der Waals surface area contributed by atoms with Crippen LogP contribution in [-0.2, 0) is 6.54 Å². The van der Waals surface area contributed by atoms with Gasteiger partial charge in [0.2, 0.25) is 0 Å². The predicted octanol–water partition coefficient (Wildman–Crippen LogP) is 3.70. The van der Waals surface area contributed by atoms with Gasteiger partial charge in [0, 0.05) is 29.5 Å². The second-order valence-electron chi connectivity index (χ2n) is 4.58. The minimum absolute atomic E-state index is 0.0472. The van der Waals surface area contributed by atoms with Gasteiger partial charge in [0.1, 0.15) is 0 Å². The number of rotatable bonds is 5. The van der Waals surface area contributed by atoms with Crippen LogP contribution in [0.4, 0.5) is 0 Å². The average molecular weight is 309 g/mol. The Kier molecular flexibility index (Phi) is 5.12. The molecule has 3 nitrogen and oxygen atoms in total. The Bertz CT molecular complexity index is 602. The van der Waals surface area contributed by atoms with Crippen molar-refractivity contribution in [3.05, 3.63) is 63.9 Å². The molecule has 0 aliphatic rings. The molecule has 1 heterocycles. The Morgan fingerprint density at radius 1 is 1.20 bits per heavy atom. The SMILES string of the molecule is CN(CC(=O)c1cc(Cl)ccc1Cl)Cc1ccncc1. The van der Waals surface area contributed by atoms with Crippen molar-refractivity contribution in [2.75, 3.05) is 13.6 Å². The van der Waals surface area contributed by atoms with Crippen molar-refractivity contribution in [1.29, 1.82) is 0 Å². The lowest BCUT2D eigenvalue weighted by Crippen LogP contribution is -2.25. The molecule has 0 unspecified atom stereocenters. The maximum Gasteiger partial charge on any atom is 0.178 e. The highest BCUT2D eigenvalue weighted by molar-refractivity contribution is 6.36. The maximum absolute atomic E-state index is 12.2. The quantitative estimate of drug-likeness (QED) is 0.790. The lowest BCUT2D eigenvalue weighted by Gasteiger charge is -2.16. The molecular weight excluding hydrogens is 295 g/mol. The van der Waals surface area contributed by atoms with Gasteiger partial charge in [-0.05, 0) is 42.9 Å². The lowest BCUT2D eigenvalue weighted by atomic mass is 10.1. The van der Waals surface area contributed by atoms with Gasteiger partial charge in [-0.15, -0.1) is 0 Å². The molecule has 0 aliphatic carbocycles. The number of likely N-dealkylation sites (N-methyl/N-ethyl adjacent to an activating group) is 1. The Labute approximate surface area is 128 Å². The van der Waals surface area contributed by atoms with Crippen LogP contribution < -0.4 is 0 Å². The van der Waals surface area contributed by atoms with Crippen molar-refractivity contribution in [2.24, 2.45) is 0 Å². The van der Waals surface area contributed by atoms with E-state index in [1.165, 1.54) is 0 Å². The highest BCUT2D eigenvalue weighted by atomic mass is 35.5. The molecule has 1 aromatic carbocycles. The third-order valence-electron chi connectivity index (χ3n) is 2.84. The van der Waals surface area contributed by atoms with E-state index < -0.39 is 0 Å². The largest absolute Gasteiger partial charge is 0.295 e. The van der Waals surface area contributed by atoms with Crippen molar-refractivity contribution < 1.29 is 4.79 Å². The molecular formula is C15H14Cl2N2O. The number of carbonyl (C=O) groups excluding carboxylic acids is 1. The van der Waals surface area contributed by atoms with Crippen molar-refractivity contribution in [3.63, 3.8) is 0 Å². The second kappa shape index (κ2) is 6.84. The molecule has 0 amide bonds. The average Bonchev–Trinajstić information content (AvgIpc) is 2.42. The van der Waals surface area contributed by atoms with Crippen molar-refractivity contribution in [2.45, 2.75) is 6.54 Å². The van der Waals surface area contributed by atoms with E-state index in [1.807, 2.05) is 24.1 Å². The molecule has 20 heavy (non-hydrogen) atoms. The minimum atomic E-state index is -0.0472. The fraction of sp³-hybridized carbons (Fsp3) is 0.200. The third kappa shape index (κ3) is 4.04. The highest BCUT2D eigenvalue weighted by Crippen LogP contribution is 2.21. The molecule has 0 spiro atoms. The summed E-state index contributed by atoms with van der Waals surface area (Å²) in [5.74, 6) is -0.0472. The van der Waals surface area contributed by atoms with E-state index in [0.29, 0.717) is 22.2 Å². The molecule has 0 saturated carbocycles. The molecule has 0 aliphatic heterocycles. The minimum Gasteiger partial charge on any atom is -0.295 e. The Morgan fingerprint density at radius 3 is 2.60 bits per heavy atom. The van der Waals surface area contributed by atoms with Crippen molar-refractivity contribution in [1.82, 2.24) is 9.88 Å². The Morgan fingerprint density at radius 2 is 1.90 bits per heavy atom. The second-order valence-corrected chi connectivity index (χ2v) is 5.42. The van der Waals surface area contributed by atoms with E-state index in [1.54, 1.807) is 30.6 Å². The molecule has 5 heteroatoms. The monoisotopic (exact) mass is 308 g/mol. The van der Waals surface area contributed by atoms with Crippen LogP contribution >= 0.6 is 23.2 Å². The summed E-state index contributed by atoms with van der Waals surface area (Å²) in [5.41, 5.74) is 1.56. The van der Waals surface area contributed by atoms with E-state index in [4.69, 9.17) is 23.2 Å². The van der Waals surface area contributed by atoms with E-state index >= 15 is 0 Å². The predicted molar refractivity (Wildman–Crippen MR) is 81.4 cm³/mol. The number of hydrogen-bond donors (Lipinski definition) is 0. The maximum atomic E-state index is 12.2. The van der Waals surface area contributed by atoms with Crippen molar-refractivity contribution in [3.8, 4) is 0 Å². The third-order valence-corrected chi connectivity index (χ3v) is 3.41. The summed E-state index contributed by atoms with van der Waals surface area (Å²) < 4.78 is 0. The van der Waals surface area contributed by atoms with Crippen LogP contribution in [0, 0.1) is 0 Å². The molecule has 0 bridgehead atoms. The van der Waals surface area contributed by atoms with Gasteiger partial charge in [0.25, 0.3) is 0 Å². The van der Waals surface area contributed by atoms with Gasteiger partial charge in [0.05, 0.1) is 11.6 Å². The zero-order chi connectivity index (χ0) is 14.5. The first-order valence-corrected chi connectivity index (χ1v) is 6.87. The van der Waals surface area contributed by atoms with E-state index in [0.717, 1.165) is 5.56 Å². The number of ketones is 1. The summed E-state index contributed by atoms with van der Waals surface area (Å²) in [7, 11) is 1.89. The lowest BCUT2D eigenvalue weighted by molar-refractivity contribution is 0.0943. The van der Waals surface area contributed by atoms with Crippen LogP contribution in [0.5, 0.6) is 0 Å². The van der Waals surface area contributed by atoms with Gasteiger partial charge >= 0.3 is 0 Å². The summed E-state index contributed by atoms with van der Waals surface area (Å²) >= 11 is 11.9. The molecule has 0 N–H and O–H groups in total. The molecule has 1 aromatic heterocycles. The number of hydrogen-bond acceptors (Lipinski definition) is 3. The molecule has 2 rings (SSSR count). The van der Waals surface area contributed by atoms with E-state index in [9.17, 15) is 4.79 Å².